The quantitative estimate of drug-likeness (QED) is 0.794. The lowest BCUT2D eigenvalue weighted by atomic mass is 10.1. The molecule has 0 fully saturated rings. The molecule has 0 aliphatic rings. The molecule has 6 nitrogen and oxygen atoms in total. The SMILES string of the molecule is Cc1cccc(C)c1OCC(=O)NNC(=O)COc1ccccc1. The molecule has 0 saturated carbocycles. The van der Waals surface area contributed by atoms with Crippen molar-refractivity contribution in [3.63, 3.8) is 0 Å². The van der Waals surface area contributed by atoms with Crippen LogP contribution < -0.4 is 20.3 Å². The standard InChI is InChI=1S/C18H20N2O4/c1-13-7-6-8-14(2)18(13)24-12-17(22)20-19-16(21)11-23-15-9-4-3-5-10-15/h3-10H,11-12H2,1-2H3,(H,19,21)(H,20,22). The average molecular weight is 328 g/mol. The van der Waals surface area contributed by atoms with Crippen LogP contribution >= 0.6 is 0 Å². The van der Waals surface area contributed by atoms with Gasteiger partial charge in [0.15, 0.2) is 13.2 Å². The van der Waals surface area contributed by atoms with Crippen molar-refractivity contribution in [2.75, 3.05) is 13.2 Å². The van der Waals surface area contributed by atoms with Crippen molar-refractivity contribution < 1.29 is 19.1 Å². The Morgan fingerprint density at radius 2 is 1.33 bits per heavy atom. The van der Waals surface area contributed by atoms with Gasteiger partial charge in [-0.3, -0.25) is 20.4 Å². The van der Waals surface area contributed by atoms with Crippen LogP contribution in [0.5, 0.6) is 11.5 Å². The Bertz CT molecular complexity index is 681. The van der Waals surface area contributed by atoms with Crippen LogP contribution in [0.2, 0.25) is 0 Å². The van der Waals surface area contributed by atoms with Crippen LogP contribution in [-0.4, -0.2) is 25.0 Å². The molecular weight excluding hydrogens is 308 g/mol. The van der Waals surface area contributed by atoms with Gasteiger partial charge in [0.05, 0.1) is 0 Å². The molecule has 0 unspecified atom stereocenters. The van der Waals surface area contributed by atoms with E-state index in [0.29, 0.717) is 11.5 Å². The van der Waals surface area contributed by atoms with Crippen LogP contribution in [0.25, 0.3) is 0 Å². The van der Waals surface area contributed by atoms with Crippen molar-refractivity contribution in [2.24, 2.45) is 0 Å². The predicted octanol–water partition coefficient (Wildman–Crippen LogP) is 1.91. The van der Waals surface area contributed by atoms with Gasteiger partial charge in [-0.15, -0.1) is 0 Å². The van der Waals surface area contributed by atoms with Crippen molar-refractivity contribution in [1.82, 2.24) is 10.9 Å². The number of ether oxygens (including phenoxy) is 2. The fourth-order valence-corrected chi connectivity index (χ4v) is 2.04. The summed E-state index contributed by atoms with van der Waals surface area (Å²) in [5, 5.41) is 0. The molecule has 2 amide bonds. The number of rotatable bonds is 6. The normalized spacial score (nSPS) is 9.92. The lowest BCUT2D eigenvalue weighted by Gasteiger charge is -2.12. The molecule has 0 spiro atoms. The number of carbonyl (C=O) groups excluding carboxylic acids is 2. The van der Waals surface area contributed by atoms with E-state index in [2.05, 4.69) is 10.9 Å². The van der Waals surface area contributed by atoms with Gasteiger partial charge in [-0.2, -0.15) is 0 Å². The number of carbonyl (C=O) groups is 2. The van der Waals surface area contributed by atoms with Gasteiger partial charge in [-0.25, -0.2) is 0 Å². The number of para-hydroxylation sites is 2. The van der Waals surface area contributed by atoms with Gasteiger partial charge in [0.2, 0.25) is 0 Å². The number of hydrogen-bond acceptors (Lipinski definition) is 4. The molecular formula is C18H20N2O4. The zero-order valence-corrected chi connectivity index (χ0v) is 13.7. The zero-order chi connectivity index (χ0) is 17.4. The summed E-state index contributed by atoms with van der Waals surface area (Å²) in [7, 11) is 0. The van der Waals surface area contributed by atoms with Crippen LogP contribution in [0.1, 0.15) is 11.1 Å². The fraction of sp³-hybridized carbons (Fsp3) is 0.222. The summed E-state index contributed by atoms with van der Waals surface area (Å²) in [6.07, 6.45) is 0. The van der Waals surface area contributed by atoms with Gasteiger partial charge < -0.3 is 9.47 Å². The van der Waals surface area contributed by atoms with Gasteiger partial charge in [0, 0.05) is 0 Å². The Morgan fingerprint density at radius 1 is 0.792 bits per heavy atom. The van der Waals surface area contributed by atoms with E-state index < -0.39 is 11.8 Å². The molecule has 0 radical (unpaired) electrons. The summed E-state index contributed by atoms with van der Waals surface area (Å²) in [4.78, 5) is 23.3. The third-order valence-electron chi connectivity index (χ3n) is 3.21. The number of benzene rings is 2. The van der Waals surface area contributed by atoms with Crippen molar-refractivity contribution in [3.8, 4) is 11.5 Å². The second-order valence-corrected chi connectivity index (χ2v) is 5.21. The second kappa shape index (κ2) is 8.57. The van der Waals surface area contributed by atoms with Gasteiger partial charge in [0.1, 0.15) is 11.5 Å². The van der Waals surface area contributed by atoms with E-state index in [1.54, 1.807) is 24.3 Å². The molecule has 0 bridgehead atoms. The Kier molecular flexibility index (Phi) is 6.19. The summed E-state index contributed by atoms with van der Waals surface area (Å²) in [5.41, 5.74) is 6.45. The van der Waals surface area contributed by atoms with E-state index >= 15 is 0 Å². The molecule has 2 rings (SSSR count). The second-order valence-electron chi connectivity index (χ2n) is 5.21. The molecule has 0 aliphatic carbocycles. The summed E-state index contributed by atoms with van der Waals surface area (Å²) in [5.74, 6) is 0.341. The van der Waals surface area contributed by atoms with E-state index in [1.807, 2.05) is 38.1 Å². The fourth-order valence-electron chi connectivity index (χ4n) is 2.04. The smallest absolute Gasteiger partial charge is 0.276 e. The van der Waals surface area contributed by atoms with Crippen LogP contribution in [0.15, 0.2) is 48.5 Å². The monoisotopic (exact) mass is 328 g/mol. The Hall–Kier alpha value is -3.02. The number of hydrazine groups is 1. The lowest BCUT2D eigenvalue weighted by Crippen LogP contribution is -2.45. The van der Waals surface area contributed by atoms with Gasteiger partial charge >= 0.3 is 0 Å². The summed E-state index contributed by atoms with van der Waals surface area (Å²) in [6, 6.07) is 14.7. The number of hydrogen-bond donors (Lipinski definition) is 2. The minimum Gasteiger partial charge on any atom is -0.484 e. The van der Waals surface area contributed by atoms with Gasteiger partial charge in [-0.05, 0) is 37.1 Å². The maximum absolute atomic E-state index is 11.7. The van der Waals surface area contributed by atoms with Crippen molar-refractivity contribution in [2.45, 2.75) is 13.8 Å². The van der Waals surface area contributed by atoms with E-state index in [9.17, 15) is 9.59 Å². The first kappa shape index (κ1) is 17.3. The molecule has 6 heteroatoms. The minimum atomic E-state index is -0.459. The van der Waals surface area contributed by atoms with Gasteiger partial charge in [-0.1, -0.05) is 36.4 Å². The van der Waals surface area contributed by atoms with Gasteiger partial charge in [0.25, 0.3) is 11.8 Å². The third-order valence-corrected chi connectivity index (χ3v) is 3.21. The van der Waals surface area contributed by atoms with E-state index in [-0.39, 0.29) is 13.2 Å². The third kappa shape index (κ3) is 5.31. The maximum atomic E-state index is 11.7. The molecule has 2 N–H and O–H groups in total. The molecule has 24 heavy (non-hydrogen) atoms. The van der Waals surface area contributed by atoms with Crippen LogP contribution in [0.4, 0.5) is 0 Å². The van der Waals surface area contributed by atoms with Crippen molar-refractivity contribution in [3.05, 3.63) is 59.7 Å². The highest BCUT2D eigenvalue weighted by Crippen LogP contribution is 2.21. The average Bonchev–Trinajstić information content (AvgIpc) is 2.58. The molecule has 0 aromatic heterocycles. The van der Waals surface area contributed by atoms with Crippen LogP contribution in [-0.2, 0) is 9.59 Å². The van der Waals surface area contributed by atoms with Crippen LogP contribution in [0.3, 0.4) is 0 Å². The topological polar surface area (TPSA) is 76.7 Å². The Labute approximate surface area is 140 Å². The molecule has 126 valence electrons. The zero-order valence-electron chi connectivity index (χ0n) is 13.7. The minimum absolute atomic E-state index is 0.189. The number of amides is 2. The summed E-state index contributed by atoms with van der Waals surface area (Å²) < 4.78 is 10.8. The predicted molar refractivity (Wildman–Crippen MR) is 89.6 cm³/mol. The van der Waals surface area contributed by atoms with Crippen LogP contribution in [0, 0.1) is 13.8 Å². The maximum Gasteiger partial charge on any atom is 0.276 e. The van der Waals surface area contributed by atoms with Crippen molar-refractivity contribution >= 4 is 11.8 Å². The highest BCUT2D eigenvalue weighted by molar-refractivity contribution is 5.83. The summed E-state index contributed by atoms with van der Waals surface area (Å²) in [6.45, 7) is 3.43. The first-order chi connectivity index (χ1) is 11.6. The highest BCUT2D eigenvalue weighted by Gasteiger charge is 2.08. The Balaban J connectivity index is 1.70. The first-order valence-corrected chi connectivity index (χ1v) is 7.51. The molecule has 2 aromatic carbocycles. The number of aryl methyl sites for hydroxylation is 2. The summed E-state index contributed by atoms with van der Waals surface area (Å²) >= 11 is 0. The molecule has 0 heterocycles. The lowest BCUT2D eigenvalue weighted by molar-refractivity contribution is -0.131. The Morgan fingerprint density at radius 3 is 1.92 bits per heavy atom. The highest BCUT2D eigenvalue weighted by atomic mass is 16.5. The molecule has 0 atom stereocenters. The van der Waals surface area contributed by atoms with E-state index in [4.69, 9.17) is 9.47 Å². The van der Waals surface area contributed by atoms with E-state index in [1.165, 1.54) is 0 Å². The molecule has 0 saturated heterocycles. The molecule has 2 aromatic rings. The van der Waals surface area contributed by atoms with E-state index in [0.717, 1.165) is 11.1 Å². The molecule has 0 aliphatic heterocycles. The first-order valence-electron chi connectivity index (χ1n) is 7.51. The largest absolute Gasteiger partial charge is 0.484 e. The number of nitrogens with one attached hydrogen (secondary N) is 2. The van der Waals surface area contributed by atoms with Crippen molar-refractivity contribution in [1.29, 1.82) is 0 Å².